The lowest BCUT2D eigenvalue weighted by Gasteiger charge is -2.17. The summed E-state index contributed by atoms with van der Waals surface area (Å²) in [5.74, 6) is 0.484. The maximum absolute atomic E-state index is 4.15. The standard InChI is InChI=1S/C9H16N2S/c1-6(2)7-8(9(3,4)5)12-11-10-7/h6H,1-5H3. The molecule has 2 nitrogen and oxygen atoms in total. The smallest absolute Gasteiger partial charge is 0.0818 e. The summed E-state index contributed by atoms with van der Waals surface area (Å²) < 4.78 is 4.00. The number of hydrogen-bond acceptors (Lipinski definition) is 3. The van der Waals surface area contributed by atoms with Crippen LogP contribution in [0.1, 0.15) is 51.1 Å². The lowest BCUT2D eigenvalue weighted by atomic mass is 9.90. The van der Waals surface area contributed by atoms with Gasteiger partial charge in [-0.05, 0) is 22.9 Å². The Labute approximate surface area is 78.2 Å². The van der Waals surface area contributed by atoms with E-state index in [1.807, 2.05) is 0 Å². The summed E-state index contributed by atoms with van der Waals surface area (Å²) in [6, 6.07) is 0. The van der Waals surface area contributed by atoms with Crippen LogP contribution in [0.4, 0.5) is 0 Å². The summed E-state index contributed by atoms with van der Waals surface area (Å²) in [6.45, 7) is 10.9. The molecule has 0 bridgehead atoms. The molecule has 1 aromatic rings. The fourth-order valence-electron chi connectivity index (χ4n) is 1.10. The molecule has 0 saturated carbocycles. The third-order valence-corrected chi connectivity index (χ3v) is 2.91. The van der Waals surface area contributed by atoms with E-state index in [4.69, 9.17) is 0 Å². The Kier molecular flexibility index (Phi) is 2.52. The van der Waals surface area contributed by atoms with Gasteiger partial charge < -0.3 is 0 Å². The molecule has 1 rings (SSSR count). The lowest BCUT2D eigenvalue weighted by molar-refractivity contribution is 0.587. The first-order valence-corrected chi connectivity index (χ1v) is 5.03. The highest BCUT2D eigenvalue weighted by atomic mass is 32.1. The summed E-state index contributed by atoms with van der Waals surface area (Å²) in [4.78, 5) is 1.32. The second kappa shape index (κ2) is 3.13. The van der Waals surface area contributed by atoms with Crippen molar-refractivity contribution in [1.82, 2.24) is 9.59 Å². The Hall–Kier alpha value is -0.440. The van der Waals surface area contributed by atoms with E-state index in [9.17, 15) is 0 Å². The zero-order valence-corrected chi connectivity index (χ0v) is 9.20. The van der Waals surface area contributed by atoms with Crippen LogP contribution in [0.15, 0.2) is 0 Å². The molecule has 0 unspecified atom stereocenters. The van der Waals surface area contributed by atoms with E-state index in [1.54, 1.807) is 0 Å². The lowest BCUT2D eigenvalue weighted by Crippen LogP contribution is -2.12. The van der Waals surface area contributed by atoms with Crippen LogP contribution in [0.25, 0.3) is 0 Å². The third kappa shape index (κ3) is 1.83. The minimum atomic E-state index is 0.188. The fraction of sp³-hybridized carbons (Fsp3) is 0.778. The topological polar surface area (TPSA) is 25.8 Å². The average molecular weight is 184 g/mol. The first-order valence-electron chi connectivity index (χ1n) is 4.25. The molecule has 1 aromatic heterocycles. The van der Waals surface area contributed by atoms with Crippen LogP contribution in [0.5, 0.6) is 0 Å². The number of hydrogen-bond donors (Lipinski definition) is 0. The van der Waals surface area contributed by atoms with Crippen molar-refractivity contribution < 1.29 is 0 Å². The predicted molar refractivity (Wildman–Crippen MR) is 52.7 cm³/mol. The first kappa shape index (κ1) is 9.65. The first-order chi connectivity index (χ1) is 5.43. The molecule has 3 heteroatoms. The van der Waals surface area contributed by atoms with Crippen molar-refractivity contribution >= 4 is 11.5 Å². The van der Waals surface area contributed by atoms with Crippen molar-refractivity contribution in [3.8, 4) is 0 Å². The van der Waals surface area contributed by atoms with Crippen LogP contribution >= 0.6 is 11.5 Å². The minimum absolute atomic E-state index is 0.188. The molecule has 0 atom stereocenters. The van der Waals surface area contributed by atoms with E-state index in [0.29, 0.717) is 5.92 Å². The quantitative estimate of drug-likeness (QED) is 0.670. The van der Waals surface area contributed by atoms with Crippen LogP contribution in [0, 0.1) is 0 Å². The van der Waals surface area contributed by atoms with Crippen molar-refractivity contribution in [2.24, 2.45) is 0 Å². The van der Waals surface area contributed by atoms with Crippen LogP contribution < -0.4 is 0 Å². The van der Waals surface area contributed by atoms with Gasteiger partial charge in [-0.1, -0.05) is 39.1 Å². The SMILES string of the molecule is CC(C)c1nnsc1C(C)(C)C. The normalized spacial score (nSPS) is 12.5. The van der Waals surface area contributed by atoms with Crippen molar-refractivity contribution in [2.75, 3.05) is 0 Å². The van der Waals surface area contributed by atoms with E-state index in [-0.39, 0.29) is 5.41 Å². The van der Waals surface area contributed by atoms with Gasteiger partial charge in [-0.3, -0.25) is 0 Å². The molecular formula is C9H16N2S. The zero-order valence-electron chi connectivity index (χ0n) is 8.38. The zero-order chi connectivity index (χ0) is 9.35. The van der Waals surface area contributed by atoms with E-state index in [1.165, 1.54) is 16.4 Å². The van der Waals surface area contributed by atoms with E-state index >= 15 is 0 Å². The second-order valence-corrected chi connectivity index (χ2v) is 5.15. The van der Waals surface area contributed by atoms with Gasteiger partial charge in [-0.25, -0.2) is 0 Å². The van der Waals surface area contributed by atoms with Crippen LogP contribution in [0.3, 0.4) is 0 Å². The van der Waals surface area contributed by atoms with E-state index in [2.05, 4.69) is 44.2 Å². The molecule has 0 saturated heterocycles. The fourth-order valence-corrected chi connectivity index (χ4v) is 1.95. The van der Waals surface area contributed by atoms with E-state index in [0.717, 1.165) is 5.69 Å². The van der Waals surface area contributed by atoms with Crippen LogP contribution in [0.2, 0.25) is 0 Å². The van der Waals surface area contributed by atoms with Gasteiger partial charge in [0.25, 0.3) is 0 Å². The van der Waals surface area contributed by atoms with Crippen molar-refractivity contribution in [3.05, 3.63) is 10.6 Å². The van der Waals surface area contributed by atoms with Crippen LogP contribution in [-0.2, 0) is 5.41 Å². The van der Waals surface area contributed by atoms with Gasteiger partial charge in [0.05, 0.1) is 10.6 Å². The largest absolute Gasteiger partial charge is 0.143 e. The van der Waals surface area contributed by atoms with Gasteiger partial charge >= 0.3 is 0 Å². The van der Waals surface area contributed by atoms with Crippen molar-refractivity contribution in [1.29, 1.82) is 0 Å². The third-order valence-electron chi connectivity index (χ3n) is 1.74. The molecule has 0 aliphatic heterocycles. The molecule has 0 spiro atoms. The predicted octanol–water partition coefficient (Wildman–Crippen LogP) is 2.96. The summed E-state index contributed by atoms with van der Waals surface area (Å²) in [5.41, 5.74) is 1.35. The minimum Gasteiger partial charge on any atom is -0.143 e. The van der Waals surface area contributed by atoms with Crippen molar-refractivity contribution in [2.45, 2.75) is 46.0 Å². The monoisotopic (exact) mass is 184 g/mol. The maximum atomic E-state index is 4.15. The highest BCUT2D eigenvalue weighted by Crippen LogP contribution is 2.31. The summed E-state index contributed by atoms with van der Waals surface area (Å²) in [7, 11) is 0. The Morgan fingerprint density at radius 3 is 2.17 bits per heavy atom. The molecular weight excluding hydrogens is 168 g/mol. The number of nitrogens with zero attached hydrogens (tertiary/aromatic N) is 2. The molecule has 0 aromatic carbocycles. The van der Waals surface area contributed by atoms with Gasteiger partial charge in [0.2, 0.25) is 0 Å². The average Bonchev–Trinajstić information content (AvgIpc) is 2.30. The van der Waals surface area contributed by atoms with Crippen LogP contribution in [-0.4, -0.2) is 9.59 Å². The summed E-state index contributed by atoms with van der Waals surface area (Å²) in [6.07, 6.45) is 0. The molecule has 68 valence electrons. The molecule has 12 heavy (non-hydrogen) atoms. The Balaban J connectivity index is 3.08. The van der Waals surface area contributed by atoms with Gasteiger partial charge in [-0.15, -0.1) is 5.10 Å². The van der Waals surface area contributed by atoms with Gasteiger partial charge in [0, 0.05) is 0 Å². The van der Waals surface area contributed by atoms with E-state index < -0.39 is 0 Å². The molecule has 0 aliphatic carbocycles. The Morgan fingerprint density at radius 2 is 1.83 bits per heavy atom. The summed E-state index contributed by atoms with van der Waals surface area (Å²) in [5, 5.41) is 4.15. The molecule has 0 N–H and O–H groups in total. The molecule has 0 amide bonds. The highest BCUT2D eigenvalue weighted by Gasteiger charge is 2.23. The molecule has 0 radical (unpaired) electrons. The Bertz CT molecular complexity index is 258. The van der Waals surface area contributed by atoms with Gasteiger partial charge in [-0.2, -0.15) is 0 Å². The number of rotatable bonds is 1. The number of aromatic nitrogens is 2. The molecule has 0 fully saturated rings. The van der Waals surface area contributed by atoms with Gasteiger partial charge in [0.1, 0.15) is 0 Å². The summed E-state index contributed by atoms with van der Waals surface area (Å²) >= 11 is 1.52. The molecule has 1 heterocycles. The van der Waals surface area contributed by atoms with Gasteiger partial charge in [0.15, 0.2) is 0 Å². The maximum Gasteiger partial charge on any atom is 0.0818 e. The Morgan fingerprint density at radius 1 is 1.25 bits per heavy atom. The second-order valence-electron chi connectivity index (χ2n) is 4.39. The van der Waals surface area contributed by atoms with Crippen molar-refractivity contribution in [3.63, 3.8) is 0 Å². The molecule has 0 aliphatic rings. The highest BCUT2D eigenvalue weighted by molar-refractivity contribution is 7.05.